The summed E-state index contributed by atoms with van der Waals surface area (Å²) in [6.07, 6.45) is 4.30. The van der Waals surface area contributed by atoms with Crippen LogP contribution in [-0.4, -0.2) is 37.5 Å². The molecule has 7 heteroatoms. The molecule has 3 aromatic heterocycles. The maximum Gasteiger partial charge on any atom is 0.164 e. The molecule has 0 radical (unpaired) electrons. The summed E-state index contributed by atoms with van der Waals surface area (Å²) >= 11 is 0. The Labute approximate surface area is 127 Å². The second kappa shape index (κ2) is 4.66. The van der Waals surface area contributed by atoms with Gasteiger partial charge >= 0.3 is 0 Å². The standard InChI is InChI=1S/C15H17N7/c1-8(2)22-15-12(14(16)18-7-19-15)13(21-22)11-5-9-6-17-4-3-10(9)20-11/h5-8,20H,3-4H2,1-2H3,(H2,16,18,19). The highest BCUT2D eigenvalue weighted by Crippen LogP contribution is 2.32. The summed E-state index contributed by atoms with van der Waals surface area (Å²) in [4.78, 5) is 16.2. The number of hydrogen-bond acceptors (Lipinski definition) is 5. The summed E-state index contributed by atoms with van der Waals surface area (Å²) in [7, 11) is 0. The fourth-order valence-electron chi connectivity index (χ4n) is 2.85. The Morgan fingerprint density at radius 1 is 1.32 bits per heavy atom. The van der Waals surface area contributed by atoms with Crippen molar-refractivity contribution in [1.82, 2.24) is 24.7 Å². The predicted octanol–water partition coefficient (Wildman–Crippen LogP) is 1.96. The minimum Gasteiger partial charge on any atom is -0.383 e. The summed E-state index contributed by atoms with van der Waals surface area (Å²) in [5.41, 5.74) is 10.9. The average Bonchev–Trinajstić information content (AvgIpc) is 3.08. The molecule has 0 bridgehead atoms. The third-order valence-corrected chi connectivity index (χ3v) is 3.92. The van der Waals surface area contributed by atoms with Crippen molar-refractivity contribution in [3.8, 4) is 11.4 Å². The molecule has 7 nitrogen and oxygen atoms in total. The van der Waals surface area contributed by atoms with Crippen LogP contribution < -0.4 is 5.73 Å². The van der Waals surface area contributed by atoms with Gasteiger partial charge in [-0.3, -0.25) is 4.99 Å². The van der Waals surface area contributed by atoms with E-state index in [0.717, 1.165) is 41.0 Å². The Balaban J connectivity index is 1.99. The summed E-state index contributed by atoms with van der Waals surface area (Å²) in [5, 5.41) is 5.52. The first kappa shape index (κ1) is 13.0. The summed E-state index contributed by atoms with van der Waals surface area (Å²) in [5.74, 6) is 0.452. The fraction of sp³-hybridized carbons (Fsp3) is 0.333. The number of fused-ring (bicyclic) bond motifs is 2. The molecule has 3 N–H and O–H groups in total. The lowest BCUT2D eigenvalue weighted by Crippen LogP contribution is -2.04. The van der Waals surface area contributed by atoms with Gasteiger partial charge in [0.05, 0.1) is 11.1 Å². The van der Waals surface area contributed by atoms with Crippen LogP contribution in [0, 0.1) is 0 Å². The van der Waals surface area contributed by atoms with E-state index in [2.05, 4.69) is 39.9 Å². The number of nitrogens with one attached hydrogen (secondary N) is 1. The molecule has 0 fully saturated rings. The fourth-order valence-corrected chi connectivity index (χ4v) is 2.85. The van der Waals surface area contributed by atoms with Crippen molar-refractivity contribution in [2.24, 2.45) is 4.99 Å². The van der Waals surface area contributed by atoms with E-state index in [9.17, 15) is 0 Å². The van der Waals surface area contributed by atoms with Crippen LogP contribution in [0.2, 0.25) is 0 Å². The molecule has 0 unspecified atom stereocenters. The molecule has 22 heavy (non-hydrogen) atoms. The average molecular weight is 295 g/mol. The predicted molar refractivity (Wildman–Crippen MR) is 86.1 cm³/mol. The van der Waals surface area contributed by atoms with Crippen LogP contribution in [0.5, 0.6) is 0 Å². The molecule has 0 spiro atoms. The number of aliphatic imine (C=N–C) groups is 1. The van der Waals surface area contributed by atoms with Crippen molar-refractivity contribution in [2.75, 3.05) is 12.3 Å². The van der Waals surface area contributed by atoms with Crippen LogP contribution in [0.15, 0.2) is 17.4 Å². The smallest absolute Gasteiger partial charge is 0.164 e. The van der Waals surface area contributed by atoms with Crippen molar-refractivity contribution < 1.29 is 0 Å². The molecular weight excluding hydrogens is 278 g/mol. The first-order valence-corrected chi connectivity index (χ1v) is 7.36. The normalized spacial score (nSPS) is 14.0. The summed E-state index contributed by atoms with van der Waals surface area (Å²) < 4.78 is 1.89. The van der Waals surface area contributed by atoms with E-state index < -0.39 is 0 Å². The minimum atomic E-state index is 0.191. The molecule has 4 heterocycles. The van der Waals surface area contributed by atoms with Gasteiger partial charge in [0.15, 0.2) is 5.65 Å². The maximum atomic E-state index is 6.09. The van der Waals surface area contributed by atoms with Crippen LogP contribution in [-0.2, 0) is 6.42 Å². The molecule has 1 aliphatic rings. The molecule has 4 rings (SSSR count). The van der Waals surface area contributed by atoms with Crippen LogP contribution in [0.3, 0.4) is 0 Å². The lowest BCUT2D eigenvalue weighted by atomic mass is 10.1. The monoisotopic (exact) mass is 295 g/mol. The Bertz CT molecular complexity index is 885. The largest absolute Gasteiger partial charge is 0.383 e. The first-order valence-electron chi connectivity index (χ1n) is 7.36. The van der Waals surface area contributed by atoms with Gasteiger partial charge in [-0.1, -0.05) is 0 Å². The maximum absolute atomic E-state index is 6.09. The number of hydrogen-bond donors (Lipinski definition) is 2. The third kappa shape index (κ3) is 1.82. The van der Waals surface area contributed by atoms with E-state index in [0.29, 0.717) is 5.82 Å². The van der Waals surface area contributed by atoms with Gasteiger partial charge in [0.25, 0.3) is 0 Å². The third-order valence-electron chi connectivity index (χ3n) is 3.92. The Hall–Kier alpha value is -2.70. The lowest BCUT2D eigenvalue weighted by Gasteiger charge is -2.05. The molecule has 3 aromatic rings. The number of anilines is 1. The van der Waals surface area contributed by atoms with Gasteiger partial charge in [0, 0.05) is 36.5 Å². The van der Waals surface area contributed by atoms with Gasteiger partial charge in [0.2, 0.25) is 0 Å². The zero-order valence-electron chi connectivity index (χ0n) is 12.5. The van der Waals surface area contributed by atoms with Crippen LogP contribution in [0.1, 0.15) is 31.1 Å². The number of H-pyrrole nitrogens is 1. The Kier molecular flexibility index (Phi) is 2.75. The van der Waals surface area contributed by atoms with Crippen LogP contribution >= 0.6 is 0 Å². The topological polar surface area (TPSA) is 97.8 Å². The van der Waals surface area contributed by atoms with Gasteiger partial charge in [-0.05, 0) is 19.9 Å². The molecule has 0 aliphatic carbocycles. The first-order chi connectivity index (χ1) is 10.6. The zero-order chi connectivity index (χ0) is 15.3. The second-order valence-corrected chi connectivity index (χ2v) is 5.75. The highest BCUT2D eigenvalue weighted by Gasteiger charge is 2.21. The molecule has 0 saturated heterocycles. The van der Waals surface area contributed by atoms with E-state index in [-0.39, 0.29) is 6.04 Å². The number of aromatic nitrogens is 5. The van der Waals surface area contributed by atoms with Gasteiger partial charge in [0.1, 0.15) is 17.8 Å². The molecule has 1 aliphatic heterocycles. The lowest BCUT2D eigenvalue weighted by molar-refractivity contribution is 0.547. The van der Waals surface area contributed by atoms with Crippen molar-refractivity contribution in [1.29, 1.82) is 0 Å². The van der Waals surface area contributed by atoms with E-state index in [1.807, 2.05) is 10.9 Å². The van der Waals surface area contributed by atoms with Gasteiger partial charge in [-0.15, -0.1) is 0 Å². The van der Waals surface area contributed by atoms with Crippen molar-refractivity contribution in [3.63, 3.8) is 0 Å². The molecule has 0 amide bonds. The van der Waals surface area contributed by atoms with Crippen molar-refractivity contribution in [3.05, 3.63) is 23.7 Å². The van der Waals surface area contributed by atoms with E-state index in [1.54, 1.807) is 0 Å². The number of rotatable bonds is 2. The SMILES string of the molecule is CC(C)n1nc(-c2cc3c([nH]2)CCN=C3)c2c(N)ncnc21. The summed E-state index contributed by atoms with van der Waals surface area (Å²) in [6, 6.07) is 2.26. The molecule has 0 atom stereocenters. The number of aromatic amines is 1. The second-order valence-electron chi connectivity index (χ2n) is 5.75. The highest BCUT2D eigenvalue weighted by molar-refractivity contribution is 5.98. The molecular formula is C15H17N7. The van der Waals surface area contributed by atoms with Crippen molar-refractivity contribution >= 4 is 23.1 Å². The van der Waals surface area contributed by atoms with Crippen molar-refractivity contribution in [2.45, 2.75) is 26.3 Å². The minimum absolute atomic E-state index is 0.191. The van der Waals surface area contributed by atoms with E-state index in [1.165, 1.54) is 12.0 Å². The van der Waals surface area contributed by atoms with Crippen LogP contribution in [0.4, 0.5) is 5.82 Å². The number of nitrogens with two attached hydrogens (primary N) is 1. The Morgan fingerprint density at radius 3 is 2.95 bits per heavy atom. The quantitative estimate of drug-likeness (QED) is 0.755. The highest BCUT2D eigenvalue weighted by atomic mass is 15.3. The van der Waals surface area contributed by atoms with Gasteiger partial charge in [-0.2, -0.15) is 5.10 Å². The Morgan fingerprint density at radius 2 is 2.18 bits per heavy atom. The number of nitrogens with zero attached hydrogens (tertiary/aromatic N) is 5. The van der Waals surface area contributed by atoms with Gasteiger partial charge < -0.3 is 10.7 Å². The zero-order valence-corrected chi connectivity index (χ0v) is 12.5. The van der Waals surface area contributed by atoms with Crippen LogP contribution in [0.25, 0.3) is 22.4 Å². The number of nitrogen functional groups attached to an aromatic ring is 1. The molecule has 0 aromatic carbocycles. The van der Waals surface area contributed by atoms with Gasteiger partial charge in [-0.25, -0.2) is 14.6 Å². The summed E-state index contributed by atoms with van der Waals surface area (Å²) in [6.45, 7) is 4.96. The van der Waals surface area contributed by atoms with E-state index in [4.69, 9.17) is 10.8 Å². The van der Waals surface area contributed by atoms with E-state index >= 15 is 0 Å². The molecule has 112 valence electrons. The molecule has 0 saturated carbocycles.